The number of carboxylic acid groups (broad SMARTS) is 1. The van der Waals surface area contributed by atoms with Crippen molar-refractivity contribution < 1.29 is 24.2 Å². The maximum absolute atomic E-state index is 12.7. The maximum atomic E-state index is 12.7. The Kier molecular flexibility index (Phi) is 6.26. The average Bonchev–Trinajstić information content (AvgIpc) is 3.21. The number of hydrogen-bond donors (Lipinski definition) is 1. The molecule has 0 saturated carbocycles. The molecule has 1 aliphatic heterocycles. The lowest BCUT2D eigenvalue weighted by molar-refractivity contribution is -0.308. The third-order valence-electron chi connectivity index (χ3n) is 4.65. The van der Waals surface area contributed by atoms with E-state index in [4.69, 9.17) is 4.74 Å². The number of aliphatic carboxylic acids is 1. The Balaban J connectivity index is 1.63. The van der Waals surface area contributed by atoms with Crippen molar-refractivity contribution in [3.63, 3.8) is 0 Å². The van der Waals surface area contributed by atoms with Crippen LogP contribution in [0.2, 0.25) is 0 Å². The van der Waals surface area contributed by atoms with Crippen LogP contribution in [0.4, 0.5) is 4.79 Å². The third kappa shape index (κ3) is 4.68. The number of carbonyl (C=O) groups is 3. The lowest BCUT2D eigenvalue weighted by Crippen LogP contribution is -2.50. The standard InChI is InChI=1S/C21H22N2O5/c24-19(22-18(20(25)26)16-10-5-2-6-11-16)17-12-7-13-23(17)21(27)28-14-15-8-3-1-4-9-15/h1-6,8-11,17-18H,7,12-14H2,(H,22,24)(H,25,26)/p-1/t17-,18-/m0/s1. The van der Waals surface area contributed by atoms with Gasteiger partial charge in [-0.3, -0.25) is 9.69 Å². The van der Waals surface area contributed by atoms with E-state index < -0.39 is 30.1 Å². The highest BCUT2D eigenvalue weighted by molar-refractivity contribution is 5.89. The fraction of sp³-hybridized carbons (Fsp3) is 0.286. The quantitative estimate of drug-likeness (QED) is 0.815. The SMILES string of the molecule is O=C([O-])[C@@H](NC(=O)[C@@H]1CCCN1C(=O)OCc1ccccc1)c1ccccc1. The van der Waals surface area contributed by atoms with E-state index in [2.05, 4.69) is 5.32 Å². The number of nitrogens with one attached hydrogen (secondary N) is 1. The first-order valence-corrected chi connectivity index (χ1v) is 9.10. The summed E-state index contributed by atoms with van der Waals surface area (Å²) in [6.45, 7) is 0.489. The van der Waals surface area contributed by atoms with Crippen LogP contribution in [-0.4, -0.2) is 35.5 Å². The van der Waals surface area contributed by atoms with Gasteiger partial charge >= 0.3 is 6.09 Å². The van der Waals surface area contributed by atoms with E-state index in [0.717, 1.165) is 5.56 Å². The van der Waals surface area contributed by atoms with Crippen molar-refractivity contribution in [1.82, 2.24) is 10.2 Å². The molecule has 1 fully saturated rings. The topological polar surface area (TPSA) is 98.8 Å². The van der Waals surface area contributed by atoms with Gasteiger partial charge in [0.15, 0.2) is 0 Å². The van der Waals surface area contributed by atoms with Crippen molar-refractivity contribution in [2.24, 2.45) is 0 Å². The van der Waals surface area contributed by atoms with Gasteiger partial charge in [0.05, 0.1) is 12.0 Å². The molecule has 0 unspecified atom stereocenters. The molecule has 3 rings (SSSR count). The Morgan fingerprint density at radius 1 is 1.07 bits per heavy atom. The molecule has 7 heteroatoms. The molecule has 1 heterocycles. The normalized spacial score (nSPS) is 17.0. The van der Waals surface area contributed by atoms with Gasteiger partial charge in [-0.05, 0) is 24.0 Å². The number of nitrogens with zero attached hydrogens (tertiary/aromatic N) is 1. The van der Waals surface area contributed by atoms with E-state index in [0.29, 0.717) is 24.9 Å². The van der Waals surface area contributed by atoms with E-state index >= 15 is 0 Å². The van der Waals surface area contributed by atoms with Gasteiger partial charge in [0, 0.05) is 6.54 Å². The Morgan fingerprint density at radius 3 is 2.36 bits per heavy atom. The summed E-state index contributed by atoms with van der Waals surface area (Å²) in [5, 5.41) is 14.0. The number of carboxylic acids is 1. The zero-order valence-corrected chi connectivity index (χ0v) is 15.2. The highest BCUT2D eigenvalue weighted by Crippen LogP contribution is 2.21. The van der Waals surface area contributed by atoms with Crippen LogP contribution in [0.1, 0.15) is 30.0 Å². The summed E-state index contributed by atoms with van der Waals surface area (Å²) in [5.41, 5.74) is 1.25. The predicted molar refractivity (Wildman–Crippen MR) is 98.7 cm³/mol. The largest absolute Gasteiger partial charge is 0.548 e. The minimum Gasteiger partial charge on any atom is -0.548 e. The number of benzene rings is 2. The van der Waals surface area contributed by atoms with Gasteiger partial charge in [-0.15, -0.1) is 0 Å². The lowest BCUT2D eigenvalue weighted by atomic mass is 10.1. The number of likely N-dealkylation sites (tertiary alicyclic amines) is 1. The third-order valence-corrected chi connectivity index (χ3v) is 4.65. The number of hydrogen-bond acceptors (Lipinski definition) is 5. The Labute approximate surface area is 162 Å². The first-order chi connectivity index (χ1) is 13.6. The monoisotopic (exact) mass is 381 g/mol. The molecule has 0 aliphatic carbocycles. The van der Waals surface area contributed by atoms with Gasteiger partial charge < -0.3 is 20.0 Å². The summed E-state index contributed by atoms with van der Waals surface area (Å²) in [5.74, 6) is -1.94. The van der Waals surface area contributed by atoms with E-state index in [9.17, 15) is 19.5 Å². The molecule has 2 atom stereocenters. The smallest absolute Gasteiger partial charge is 0.410 e. The summed E-state index contributed by atoms with van der Waals surface area (Å²) in [6.07, 6.45) is 0.493. The molecule has 146 valence electrons. The van der Waals surface area contributed by atoms with E-state index in [1.165, 1.54) is 4.90 Å². The van der Waals surface area contributed by atoms with Crippen molar-refractivity contribution in [3.8, 4) is 0 Å². The molecule has 0 spiro atoms. The lowest BCUT2D eigenvalue weighted by Gasteiger charge is -2.26. The second kappa shape index (κ2) is 9.03. The van der Waals surface area contributed by atoms with Crippen molar-refractivity contribution in [1.29, 1.82) is 0 Å². The first-order valence-electron chi connectivity index (χ1n) is 9.10. The highest BCUT2D eigenvalue weighted by Gasteiger charge is 2.36. The number of ether oxygens (including phenoxy) is 1. The Bertz CT molecular complexity index is 825. The van der Waals surface area contributed by atoms with Crippen LogP contribution in [0.25, 0.3) is 0 Å². The molecule has 0 radical (unpaired) electrons. The van der Waals surface area contributed by atoms with E-state index in [1.54, 1.807) is 30.3 Å². The van der Waals surface area contributed by atoms with Crippen LogP contribution in [-0.2, 0) is 20.9 Å². The maximum Gasteiger partial charge on any atom is 0.410 e. The molecule has 2 aromatic carbocycles. The van der Waals surface area contributed by atoms with Gasteiger partial charge in [0.2, 0.25) is 5.91 Å². The minimum absolute atomic E-state index is 0.107. The molecular formula is C21H21N2O5-. The van der Waals surface area contributed by atoms with Crippen molar-refractivity contribution in [3.05, 3.63) is 71.8 Å². The second-order valence-corrected chi connectivity index (χ2v) is 6.56. The second-order valence-electron chi connectivity index (χ2n) is 6.56. The van der Waals surface area contributed by atoms with Gasteiger partial charge in [0.1, 0.15) is 12.6 Å². The van der Waals surface area contributed by atoms with Crippen LogP contribution in [0.3, 0.4) is 0 Å². The van der Waals surface area contributed by atoms with E-state index in [-0.39, 0.29) is 6.61 Å². The minimum atomic E-state index is -1.41. The van der Waals surface area contributed by atoms with Crippen molar-refractivity contribution in [2.75, 3.05) is 6.54 Å². The van der Waals surface area contributed by atoms with Gasteiger partial charge in [-0.2, -0.15) is 0 Å². The Hall–Kier alpha value is -3.35. The first kappa shape index (κ1) is 19.4. The van der Waals surface area contributed by atoms with Crippen LogP contribution in [0.15, 0.2) is 60.7 Å². The molecule has 2 amide bonds. The average molecular weight is 381 g/mol. The molecule has 1 N–H and O–H groups in total. The highest BCUT2D eigenvalue weighted by atomic mass is 16.6. The van der Waals surface area contributed by atoms with Crippen molar-refractivity contribution >= 4 is 18.0 Å². The summed E-state index contributed by atoms with van der Waals surface area (Å²) in [6, 6.07) is 15.5. The zero-order chi connectivity index (χ0) is 19.9. The zero-order valence-electron chi connectivity index (χ0n) is 15.2. The Morgan fingerprint density at radius 2 is 1.71 bits per heavy atom. The van der Waals surface area contributed by atoms with Crippen LogP contribution in [0.5, 0.6) is 0 Å². The molecule has 28 heavy (non-hydrogen) atoms. The van der Waals surface area contributed by atoms with E-state index in [1.807, 2.05) is 30.3 Å². The molecular weight excluding hydrogens is 360 g/mol. The van der Waals surface area contributed by atoms with Crippen LogP contribution >= 0.6 is 0 Å². The fourth-order valence-corrected chi connectivity index (χ4v) is 3.22. The number of carbonyl (C=O) groups excluding carboxylic acids is 3. The number of amides is 2. The van der Waals surface area contributed by atoms with Crippen LogP contribution in [0, 0.1) is 0 Å². The van der Waals surface area contributed by atoms with Gasteiger partial charge in [-0.1, -0.05) is 60.7 Å². The molecule has 0 aromatic heterocycles. The fourth-order valence-electron chi connectivity index (χ4n) is 3.22. The summed E-state index contributed by atoms with van der Waals surface area (Å²) >= 11 is 0. The summed E-state index contributed by atoms with van der Waals surface area (Å²) in [7, 11) is 0. The molecule has 7 nitrogen and oxygen atoms in total. The molecule has 0 bridgehead atoms. The van der Waals surface area contributed by atoms with Crippen molar-refractivity contribution in [2.45, 2.75) is 31.5 Å². The molecule has 1 aliphatic rings. The summed E-state index contributed by atoms with van der Waals surface area (Å²) in [4.78, 5) is 37.9. The number of rotatable bonds is 6. The summed E-state index contributed by atoms with van der Waals surface area (Å²) < 4.78 is 5.31. The van der Waals surface area contributed by atoms with Gasteiger partial charge in [-0.25, -0.2) is 4.79 Å². The molecule has 1 saturated heterocycles. The predicted octanol–water partition coefficient (Wildman–Crippen LogP) is 1.40. The van der Waals surface area contributed by atoms with Crippen LogP contribution < -0.4 is 10.4 Å². The van der Waals surface area contributed by atoms with Gasteiger partial charge in [0.25, 0.3) is 0 Å². The molecule has 2 aromatic rings.